The van der Waals surface area contributed by atoms with Gasteiger partial charge in [-0.3, -0.25) is 0 Å². The molecular weight excluding hydrogens is 274 g/mol. The van der Waals surface area contributed by atoms with Gasteiger partial charge in [0, 0.05) is 24.0 Å². The van der Waals surface area contributed by atoms with Gasteiger partial charge >= 0.3 is 0 Å². The second-order valence-corrected chi connectivity index (χ2v) is 7.28. The molecule has 19 heavy (non-hydrogen) atoms. The zero-order chi connectivity index (χ0) is 13.8. The van der Waals surface area contributed by atoms with Crippen molar-refractivity contribution >= 4 is 28.2 Å². The minimum Gasteiger partial charge on any atom is -0.348 e. The molecule has 2 atom stereocenters. The molecule has 0 fully saturated rings. The fourth-order valence-corrected chi connectivity index (χ4v) is 4.40. The van der Waals surface area contributed by atoms with Crippen molar-refractivity contribution in [1.29, 1.82) is 0 Å². The molecular formula is C14H25N3S2. The van der Waals surface area contributed by atoms with E-state index in [2.05, 4.69) is 37.5 Å². The maximum atomic E-state index is 4.88. The lowest BCUT2D eigenvalue weighted by atomic mass is 9.98. The fourth-order valence-electron chi connectivity index (χ4n) is 2.50. The number of hydrogen-bond donors (Lipinski definition) is 1. The lowest BCUT2D eigenvalue weighted by Crippen LogP contribution is -2.29. The summed E-state index contributed by atoms with van der Waals surface area (Å²) in [5.41, 5.74) is 1.33. The van der Waals surface area contributed by atoms with Crippen LogP contribution in [0.4, 0.5) is 5.13 Å². The number of thiazole rings is 1. The molecule has 0 saturated carbocycles. The van der Waals surface area contributed by atoms with Crippen molar-refractivity contribution < 1.29 is 0 Å². The summed E-state index contributed by atoms with van der Waals surface area (Å²) in [6.07, 6.45) is 7.05. The summed E-state index contributed by atoms with van der Waals surface area (Å²) in [7, 11) is 4.24. The van der Waals surface area contributed by atoms with Gasteiger partial charge < -0.3 is 10.2 Å². The van der Waals surface area contributed by atoms with Gasteiger partial charge in [-0.2, -0.15) is 11.8 Å². The number of anilines is 1. The van der Waals surface area contributed by atoms with Crippen molar-refractivity contribution in [3.05, 3.63) is 10.6 Å². The van der Waals surface area contributed by atoms with Gasteiger partial charge in [0.25, 0.3) is 0 Å². The molecule has 2 rings (SSSR count). The quantitative estimate of drug-likeness (QED) is 0.872. The first-order chi connectivity index (χ1) is 9.17. The molecule has 0 bridgehead atoms. The van der Waals surface area contributed by atoms with E-state index < -0.39 is 0 Å². The summed E-state index contributed by atoms with van der Waals surface area (Å²) in [5, 5.41) is 4.62. The minimum atomic E-state index is 0.518. The smallest absolute Gasteiger partial charge is 0.185 e. The summed E-state index contributed by atoms with van der Waals surface area (Å²) in [4.78, 5) is 8.69. The van der Waals surface area contributed by atoms with Crippen LogP contribution in [0.2, 0.25) is 0 Å². The van der Waals surface area contributed by atoms with Crippen molar-refractivity contribution in [3.8, 4) is 0 Å². The number of nitrogens with zero attached hydrogens (tertiary/aromatic N) is 2. The third-order valence-corrected chi connectivity index (χ3v) is 5.94. The molecule has 1 aromatic rings. The minimum absolute atomic E-state index is 0.518. The van der Waals surface area contributed by atoms with Gasteiger partial charge in [-0.15, -0.1) is 0 Å². The standard InChI is InChI=1S/C14H25N3S2/c1-10(8-9-18-4)17(3)14-16-12-7-5-6-11(15-2)13(12)19-14/h10-11,15H,5-9H2,1-4H3. The molecule has 0 aromatic carbocycles. The first-order valence-corrected chi connectivity index (χ1v) is 9.27. The molecule has 5 heteroatoms. The van der Waals surface area contributed by atoms with Crippen molar-refractivity contribution in [3.63, 3.8) is 0 Å². The first-order valence-electron chi connectivity index (χ1n) is 7.06. The zero-order valence-electron chi connectivity index (χ0n) is 12.4. The molecule has 0 saturated heterocycles. The lowest BCUT2D eigenvalue weighted by Gasteiger charge is -2.24. The Morgan fingerprint density at radius 3 is 3.05 bits per heavy atom. The van der Waals surface area contributed by atoms with Gasteiger partial charge in [0.2, 0.25) is 0 Å². The zero-order valence-corrected chi connectivity index (χ0v) is 14.0. The predicted octanol–water partition coefficient (Wildman–Crippen LogP) is 3.32. The Balaban J connectivity index is 2.11. The number of nitrogens with one attached hydrogen (secondary N) is 1. The number of rotatable bonds is 6. The van der Waals surface area contributed by atoms with E-state index in [1.165, 1.54) is 40.7 Å². The summed E-state index contributed by atoms with van der Waals surface area (Å²) < 4.78 is 0. The number of aryl methyl sites for hydroxylation is 1. The summed E-state index contributed by atoms with van der Waals surface area (Å²) in [6, 6.07) is 1.08. The molecule has 2 unspecified atom stereocenters. The molecule has 1 aliphatic carbocycles. The Hall–Kier alpha value is -0.260. The van der Waals surface area contributed by atoms with Crippen molar-refractivity contribution in [2.45, 2.75) is 44.7 Å². The average molecular weight is 300 g/mol. The van der Waals surface area contributed by atoms with E-state index >= 15 is 0 Å². The monoisotopic (exact) mass is 299 g/mol. The number of aromatic nitrogens is 1. The van der Waals surface area contributed by atoms with E-state index in [9.17, 15) is 0 Å². The third-order valence-electron chi connectivity index (χ3n) is 3.99. The SMILES string of the molecule is CNC1CCCc2nc(N(C)C(C)CCSC)sc21. The molecule has 1 aromatic heterocycles. The van der Waals surface area contributed by atoms with E-state index in [0.717, 1.165) is 6.42 Å². The summed E-state index contributed by atoms with van der Waals surface area (Å²) in [6.45, 7) is 2.30. The average Bonchev–Trinajstić information content (AvgIpc) is 2.87. The molecule has 108 valence electrons. The van der Waals surface area contributed by atoms with E-state index in [1.54, 1.807) is 0 Å². The van der Waals surface area contributed by atoms with Gasteiger partial charge in [0.1, 0.15) is 0 Å². The van der Waals surface area contributed by atoms with Crippen LogP contribution in [-0.4, -0.2) is 37.1 Å². The van der Waals surface area contributed by atoms with Crippen molar-refractivity contribution in [1.82, 2.24) is 10.3 Å². The van der Waals surface area contributed by atoms with E-state index in [1.807, 2.05) is 23.1 Å². The first kappa shape index (κ1) is 15.1. The Morgan fingerprint density at radius 1 is 1.58 bits per heavy atom. The van der Waals surface area contributed by atoms with Crippen molar-refractivity contribution in [2.24, 2.45) is 0 Å². The highest BCUT2D eigenvalue weighted by molar-refractivity contribution is 7.98. The van der Waals surface area contributed by atoms with Crippen LogP contribution in [0.3, 0.4) is 0 Å². The Kier molecular flexibility index (Phi) is 5.54. The maximum Gasteiger partial charge on any atom is 0.185 e. The van der Waals surface area contributed by atoms with E-state index in [4.69, 9.17) is 4.98 Å². The van der Waals surface area contributed by atoms with Gasteiger partial charge in [-0.05, 0) is 51.7 Å². The van der Waals surface area contributed by atoms with E-state index in [-0.39, 0.29) is 0 Å². The topological polar surface area (TPSA) is 28.2 Å². The fraction of sp³-hybridized carbons (Fsp3) is 0.786. The largest absolute Gasteiger partial charge is 0.348 e. The summed E-state index contributed by atoms with van der Waals surface area (Å²) in [5.74, 6) is 1.22. The molecule has 1 aliphatic rings. The number of fused-ring (bicyclic) bond motifs is 1. The molecule has 0 radical (unpaired) electrons. The van der Waals surface area contributed by atoms with Gasteiger partial charge in [-0.25, -0.2) is 4.98 Å². The van der Waals surface area contributed by atoms with Crippen LogP contribution < -0.4 is 10.2 Å². The molecule has 1 heterocycles. The normalized spacial score (nSPS) is 20.1. The molecule has 0 spiro atoms. The number of thioether (sulfide) groups is 1. The lowest BCUT2D eigenvalue weighted by molar-refractivity contribution is 0.501. The van der Waals surface area contributed by atoms with Crippen LogP contribution in [0.25, 0.3) is 0 Å². The van der Waals surface area contributed by atoms with Gasteiger partial charge in [-0.1, -0.05) is 11.3 Å². The Morgan fingerprint density at radius 2 is 2.37 bits per heavy atom. The molecule has 0 aliphatic heterocycles. The highest BCUT2D eigenvalue weighted by atomic mass is 32.2. The van der Waals surface area contributed by atoms with Crippen LogP contribution >= 0.6 is 23.1 Å². The molecule has 3 nitrogen and oxygen atoms in total. The van der Waals surface area contributed by atoms with Crippen LogP contribution in [0, 0.1) is 0 Å². The maximum absolute atomic E-state index is 4.88. The van der Waals surface area contributed by atoms with Crippen molar-refractivity contribution in [2.75, 3.05) is 31.0 Å². The Bertz CT molecular complexity index is 405. The Labute approximate surface area is 125 Å². The van der Waals surface area contributed by atoms with Crippen LogP contribution in [0.1, 0.15) is 42.8 Å². The highest BCUT2D eigenvalue weighted by Crippen LogP contribution is 2.37. The van der Waals surface area contributed by atoms with E-state index in [0.29, 0.717) is 12.1 Å². The second-order valence-electron chi connectivity index (χ2n) is 5.28. The molecule has 1 N–H and O–H groups in total. The second kappa shape index (κ2) is 6.95. The molecule has 0 amide bonds. The highest BCUT2D eigenvalue weighted by Gasteiger charge is 2.25. The number of hydrogen-bond acceptors (Lipinski definition) is 5. The summed E-state index contributed by atoms with van der Waals surface area (Å²) >= 11 is 3.80. The van der Waals surface area contributed by atoms with Gasteiger partial charge in [0.05, 0.1) is 5.69 Å². The van der Waals surface area contributed by atoms with Crippen LogP contribution in [-0.2, 0) is 6.42 Å². The van der Waals surface area contributed by atoms with Crippen LogP contribution in [0.15, 0.2) is 0 Å². The third kappa shape index (κ3) is 3.44. The predicted molar refractivity (Wildman–Crippen MR) is 87.7 cm³/mol. The van der Waals surface area contributed by atoms with Gasteiger partial charge in [0.15, 0.2) is 5.13 Å². The van der Waals surface area contributed by atoms with Crippen LogP contribution in [0.5, 0.6) is 0 Å².